The molecule has 0 bridgehead atoms. The van der Waals surface area contributed by atoms with Crippen LogP contribution in [-0.2, 0) is 0 Å². The number of benzene rings is 2. The number of likely N-dealkylation sites (tertiary alicyclic amines) is 1. The zero-order valence-corrected chi connectivity index (χ0v) is 17.9. The van der Waals surface area contributed by atoms with E-state index in [1.54, 1.807) is 24.3 Å². The number of hydrogen-bond donors (Lipinski definition) is 3. The van der Waals surface area contributed by atoms with Gasteiger partial charge in [0.2, 0.25) is 0 Å². The number of carboxylic acid groups (broad SMARTS) is 1. The topological polar surface area (TPSA) is 124 Å². The first-order valence-electron chi connectivity index (χ1n) is 10.9. The van der Waals surface area contributed by atoms with Gasteiger partial charge in [-0.15, -0.1) is 0 Å². The lowest BCUT2D eigenvalue weighted by atomic mass is 10.0. The third-order valence-electron chi connectivity index (χ3n) is 5.86. The normalized spacial score (nSPS) is 14.1. The van der Waals surface area contributed by atoms with Gasteiger partial charge in [0.1, 0.15) is 18.2 Å². The Hall–Kier alpha value is -3.98. The third kappa shape index (κ3) is 4.35. The Morgan fingerprint density at radius 2 is 1.85 bits per heavy atom. The van der Waals surface area contributed by atoms with Crippen LogP contribution in [0.4, 0.5) is 0 Å². The van der Waals surface area contributed by atoms with Gasteiger partial charge in [0, 0.05) is 6.54 Å². The molecule has 0 spiro atoms. The van der Waals surface area contributed by atoms with Crippen molar-refractivity contribution < 1.29 is 14.6 Å². The summed E-state index contributed by atoms with van der Waals surface area (Å²) in [5, 5.41) is 9.15. The van der Waals surface area contributed by atoms with Gasteiger partial charge in [0.05, 0.1) is 17.5 Å². The summed E-state index contributed by atoms with van der Waals surface area (Å²) in [4.78, 5) is 40.2. The zero-order chi connectivity index (χ0) is 22.8. The molecular weight excluding hydrogens is 422 g/mol. The molecule has 0 saturated carbocycles. The second-order valence-corrected chi connectivity index (χ2v) is 8.00. The standard InChI is InChI=1S/C24H23N5O4/c30-23-20-22(26-14-25-20)27-21(28-23)18-8-7-17(15-3-5-16(6-4-15)24(31)32)13-19(18)33-12-11-29-9-1-2-10-29/h3-8,13-14H,1-2,9-12H2,(H,31,32)(H2,25,26,27,28,30). The fourth-order valence-corrected chi connectivity index (χ4v) is 4.09. The maximum Gasteiger partial charge on any atom is 0.335 e. The SMILES string of the molecule is O=C(O)c1ccc(-c2ccc(-c3nc4[nH]cnc4c(=O)[nH]3)c(OCCN3CCCC3)c2)cc1. The van der Waals surface area contributed by atoms with Gasteiger partial charge in [0.15, 0.2) is 11.2 Å². The fraction of sp³-hybridized carbons (Fsp3) is 0.250. The Bertz CT molecular complexity index is 1350. The molecule has 1 saturated heterocycles. The smallest absolute Gasteiger partial charge is 0.335 e. The summed E-state index contributed by atoms with van der Waals surface area (Å²) >= 11 is 0. The van der Waals surface area contributed by atoms with Crippen LogP contribution in [0, 0.1) is 0 Å². The van der Waals surface area contributed by atoms with E-state index in [4.69, 9.17) is 9.84 Å². The number of H-pyrrole nitrogens is 2. The zero-order valence-electron chi connectivity index (χ0n) is 17.9. The van der Waals surface area contributed by atoms with E-state index in [1.807, 2.05) is 18.2 Å². The Balaban J connectivity index is 1.50. The summed E-state index contributed by atoms with van der Waals surface area (Å²) in [6, 6.07) is 12.3. The number of rotatable bonds is 7. The second kappa shape index (κ2) is 8.87. The monoisotopic (exact) mass is 445 g/mol. The van der Waals surface area contributed by atoms with Crippen LogP contribution in [0.25, 0.3) is 33.7 Å². The summed E-state index contributed by atoms with van der Waals surface area (Å²) in [6.07, 6.45) is 3.86. The fourth-order valence-electron chi connectivity index (χ4n) is 4.09. The summed E-state index contributed by atoms with van der Waals surface area (Å²) in [6.45, 7) is 3.49. The third-order valence-corrected chi connectivity index (χ3v) is 5.86. The Kier molecular flexibility index (Phi) is 5.62. The van der Waals surface area contributed by atoms with E-state index < -0.39 is 5.97 Å². The highest BCUT2D eigenvalue weighted by Gasteiger charge is 2.16. The van der Waals surface area contributed by atoms with Gasteiger partial charge < -0.3 is 19.8 Å². The Morgan fingerprint density at radius 1 is 1.09 bits per heavy atom. The molecule has 0 atom stereocenters. The van der Waals surface area contributed by atoms with E-state index in [-0.39, 0.29) is 16.6 Å². The van der Waals surface area contributed by atoms with E-state index in [9.17, 15) is 9.59 Å². The van der Waals surface area contributed by atoms with Crippen molar-refractivity contribution in [3.05, 3.63) is 64.7 Å². The van der Waals surface area contributed by atoms with Gasteiger partial charge in [-0.25, -0.2) is 14.8 Å². The molecule has 5 rings (SSSR count). The van der Waals surface area contributed by atoms with Gasteiger partial charge in [-0.3, -0.25) is 9.69 Å². The molecule has 9 nitrogen and oxygen atoms in total. The molecule has 9 heteroatoms. The molecule has 1 aliphatic rings. The highest BCUT2D eigenvalue weighted by atomic mass is 16.5. The Labute approximate surface area is 189 Å². The molecule has 0 radical (unpaired) electrons. The van der Waals surface area contributed by atoms with Crippen molar-refractivity contribution >= 4 is 17.1 Å². The maximum absolute atomic E-state index is 12.4. The molecule has 1 fully saturated rings. The van der Waals surface area contributed by atoms with Crippen molar-refractivity contribution in [3.8, 4) is 28.3 Å². The molecular formula is C24H23N5O4. The highest BCUT2D eigenvalue weighted by molar-refractivity contribution is 5.88. The number of aromatic carboxylic acids is 1. The largest absolute Gasteiger partial charge is 0.491 e. The first-order valence-corrected chi connectivity index (χ1v) is 10.9. The summed E-state index contributed by atoms with van der Waals surface area (Å²) in [5.74, 6) is 0.0174. The van der Waals surface area contributed by atoms with Crippen LogP contribution >= 0.6 is 0 Å². The number of aromatic nitrogens is 4. The predicted molar refractivity (Wildman–Crippen MR) is 124 cm³/mol. The van der Waals surface area contributed by atoms with Crippen LogP contribution in [0.2, 0.25) is 0 Å². The van der Waals surface area contributed by atoms with Crippen molar-refractivity contribution in [3.63, 3.8) is 0 Å². The van der Waals surface area contributed by atoms with Gasteiger partial charge in [-0.2, -0.15) is 0 Å². The summed E-state index contributed by atoms with van der Waals surface area (Å²) < 4.78 is 6.19. The quantitative estimate of drug-likeness (QED) is 0.399. The lowest BCUT2D eigenvalue weighted by Crippen LogP contribution is -2.25. The second-order valence-electron chi connectivity index (χ2n) is 8.00. The molecule has 2 aromatic heterocycles. The van der Waals surface area contributed by atoms with Gasteiger partial charge in [-0.05, 0) is 61.3 Å². The van der Waals surface area contributed by atoms with Crippen LogP contribution in [0.15, 0.2) is 53.6 Å². The number of nitrogens with one attached hydrogen (secondary N) is 2. The van der Waals surface area contributed by atoms with Crippen molar-refractivity contribution in [2.75, 3.05) is 26.2 Å². The van der Waals surface area contributed by atoms with E-state index in [0.717, 1.165) is 30.8 Å². The summed E-state index contributed by atoms with van der Waals surface area (Å²) in [5.41, 5.74) is 2.96. The molecule has 0 unspecified atom stereocenters. The number of imidazole rings is 1. The average molecular weight is 445 g/mol. The van der Waals surface area contributed by atoms with E-state index >= 15 is 0 Å². The first kappa shape index (κ1) is 20.9. The number of aromatic amines is 2. The van der Waals surface area contributed by atoms with Crippen LogP contribution in [0.1, 0.15) is 23.2 Å². The molecule has 0 aliphatic carbocycles. The minimum atomic E-state index is -0.966. The molecule has 0 amide bonds. The Morgan fingerprint density at radius 3 is 2.61 bits per heavy atom. The molecule has 3 heterocycles. The highest BCUT2D eigenvalue weighted by Crippen LogP contribution is 2.33. The van der Waals surface area contributed by atoms with Gasteiger partial charge in [0.25, 0.3) is 5.56 Å². The van der Waals surface area contributed by atoms with Crippen molar-refractivity contribution in [1.29, 1.82) is 0 Å². The lowest BCUT2D eigenvalue weighted by molar-refractivity contribution is 0.0697. The number of carbonyl (C=O) groups is 1. The predicted octanol–water partition coefficient (Wildman–Crippen LogP) is 3.15. The van der Waals surface area contributed by atoms with Crippen molar-refractivity contribution in [2.45, 2.75) is 12.8 Å². The summed E-state index contributed by atoms with van der Waals surface area (Å²) in [7, 11) is 0. The van der Waals surface area contributed by atoms with Crippen LogP contribution in [0.5, 0.6) is 5.75 Å². The van der Waals surface area contributed by atoms with Crippen LogP contribution < -0.4 is 10.3 Å². The van der Waals surface area contributed by atoms with Crippen molar-refractivity contribution in [2.24, 2.45) is 0 Å². The number of fused-ring (bicyclic) bond motifs is 1. The van der Waals surface area contributed by atoms with E-state index in [0.29, 0.717) is 29.4 Å². The maximum atomic E-state index is 12.4. The minimum Gasteiger partial charge on any atom is -0.491 e. The molecule has 2 aromatic carbocycles. The number of carboxylic acids is 1. The molecule has 168 valence electrons. The molecule has 1 aliphatic heterocycles. The van der Waals surface area contributed by atoms with E-state index in [2.05, 4.69) is 24.8 Å². The van der Waals surface area contributed by atoms with E-state index in [1.165, 1.54) is 19.2 Å². The van der Waals surface area contributed by atoms with Crippen molar-refractivity contribution in [1.82, 2.24) is 24.8 Å². The number of nitrogens with zero attached hydrogens (tertiary/aromatic N) is 3. The minimum absolute atomic E-state index is 0.229. The van der Waals surface area contributed by atoms with Gasteiger partial charge >= 0.3 is 5.97 Å². The van der Waals surface area contributed by atoms with Crippen LogP contribution in [-0.4, -0.2) is 62.2 Å². The average Bonchev–Trinajstić information content (AvgIpc) is 3.51. The molecule has 33 heavy (non-hydrogen) atoms. The molecule has 3 N–H and O–H groups in total. The lowest BCUT2D eigenvalue weighted by Gasteiger charge is -2.17. The number of ether oxygens (including phenoxy) is 1. The van der Waals surface area contributed by atoms with Gasteiger partial charge in [-0.1, -0.05) is 18.2 Å². The van der Waals surface area contributed by atoms with Crippen LogP contribution in [0.3, 0.4) is 0 Å². The first-order chi connectivity index (χ1) is 16.1. The number of hydrogen-bond acceptors (Lipinski definition) is 6. The molecule has 4 aromatic rings.